The molecule has 1 aliphatic carbocycles. The molecule has 1 aromatic rings. The number of nitrogens with one attached hydrogen (secondary N) is 1. The summed E-state index contributed by atoms with van der Waals surface area (Å²) in [7, 11) is 1.61. The third-order valence-electron chi connectivity index (χ3n) is 4.50. The molecular formula is C16H25N3O4. The number of rotatable bonds is 6. The Labute approximate surface area is 136 Å². The maximum absolute atomic E-state index is 11.9. The zero-order valence-electron chi connectivity index (χ0n) is 13.7. The van der Waals surface area contributed by atoms with Crippen LogP contribution in [0.25, 0.3) is 0 Å². The molecule has 1 saturated heterocycles. The van der Waals surface area contributed by atoms with Crippen molar-refractivity contribution < 1.29 is 18.8 Å². The van der Waals surface area contributed by atoms with E-state index in [1.165, 1.54) is 5.56 Å². The second-order valence-electron chi connectivity index (χ2n) is 6.17. The molecule has 23 heavy (non-hydrogen) atoms. The van der Waals surface area contributed by atoms with E-state index in [9.17, 15) is 4.79 Å². The molecule has 1 aromatic heterocycles. The van der Waals surface area contributed by atoms with Gasteiger partial charge in [0.05, 0.1) is 19.8 Å². The number of aryl methyl sites for hydroxylation is 1. The van der Waals surface area contributed by atoms with Gasteiger partial charge in [0.1, 0.15) is 11.5 Å². The van der Waals surface area contributed by atoms with Crippen molar-refractivity contribution in [2.75, 3.05) is 40.0 Å². The van der Waals surface area contributed by atoms with Gasteiger partial charge in [0.25, 0.3) is 0 Å². The monoisotopic (exact) mass is 323 g/mol. The van der Waals surface area contributed by atoms with Crippen LogP contribution >= 0.6 is 0 Å². The standard InChI is InChI=1S/C16H25N3O4/c1-21-7-4-16(20)17-12-2-3-15-13(10-12)14(18-23-15)11-19-5-8-22-9-6-19/h12H,2-11H2,1H3,(H,17,20). The van der Waals surface area contributed by atoms with Gasteiger partial charge in [-0.2, -0.15) is 0 Å². The minimum atomic E-state index is 0.0477. The second kappa shape index (κ2) is 7.90. The highest BCUT2D eigenvalue weighted by Crippen LogP contribution is 2.25. The van der Waals surface area contributed by atoms with Gasteiger partial charge in [-0.3, -0.25) is 9.69 Å². The van der Waals surface area contributed by atoms with Crippen LogP contribution in [0.4, 0.5) is 0 Å². The van der Waals surface area contributed by atoms with Crippen molar-refractivity contribution in [1.29, 1.82) is 0 Å². The van der Waals surface area contributed by atoms with Crippen LogP contribution in [0.2, 0.25) is 0 Å². The maximum atomic E-state index is 11.9. The number of methoxy groups -OCH3 is 1. The first kappa shape index (κ1) is 16.4. The number of carbonyl (C=O) groups is 1. The Morgan fingerprint density at radius 2 is 2.26 bits per heavy atom. The average Bonchev–Trinajstić information content (AvgIpc) is 2.96. The largest absolute Gasteiger partial charge is 0.384 e. The lowest BCUT2D eigenvalue weighted by atomic mass is 9.92. The van der Waals surface area contributed by atoms with Gasteiger partial charge in [-0.1, -0.05) is 5.16 Å². The third-order valence-corrected chi connectivity index (χ3v) is 4.50. The van der Waals surface area contributed by atoms with Crippen LogP contribution in [-0.2, 0) is 33.7 Å². The molecule has 0 saturated carbocycles. The Hall–Kier alpha value is -1.44. The lowest BCUT2D eigenvalue weighted by Gasteiger charge is -2.27. The van der Waals surface area contributed by atoms with Crippen LogP contribution in [-0.4, -0.2) is 62.0 Å². The van der Waals surface area contributed by atoms with Crippen molar-refractivity contribution in [3.63, 3.8) is 0 Å². The number of morpholine rings is 1. The molecule has 1 fully saturated rings. The Kier molecular flexibility index (Phi) is 5.64. The highest BCUT2D eigenvalue weighted by molar-refractivity contribution is 5.76. The van der Waals surface area contributed by atoms with E-state index >= 15 is 0 Å². The first-order valence-corrected chi connectivity index (χ1v) is 8.31. The summed E-state index contributed by atoms with van der Waals surface area (Å²) in [6.07, 6.45) is 2.94. The zero-order valence-corrected chi connectivity index (χ0v) is 13.7. The number of hydrogen-bond donors (Lipinski definition) is 1. The van der Waals surface area contributed by atoms with Gasteiger partial charge in [0, 0.05) is 51.2 Å². The summed E-state index contributed by atoms with van der Waals surface area (Å²) in [5.74, 6) is 1.03. The van der Waals surface area contributed by atoms with Gasteiger partial charge in [-0.05, 0) is 12.8 Å². The molecule has 1 unspecified atom stereocenters. The van der Waals surface area contributed by atoms with Crippen molar-refractivity contribution in [1.82, 2.24) is 15.4 Å². The summed E-state index contributed by atoms with van der Waals surface area (Å²) in [5.41, 5.74) is 2.19. The second-order valence-corrected chi connectivity index (χ2v) is 6.17. The Morgan fingerprint density at radius 3 is 3.04 bits per heavy atom. The van der Waals surface area contributed by atoms with Crippen LogP contribution in [0.5, 0.6) is 0 Å². The van der Waals surface area contributed by atoms with Gasteiger partial charge >= 0.3 is 0 Å². The molecule has 7 nitrogen and oxygen atoms in total. The predicted octanol–water partition coefficient (Wildman–Crippen LogP) is 0.517. The number of hydrogen-bond acceptors (Lipinski definition) is 6. The Morgan fingerprint density at radius 1 is 1.43 bits per heavy atom. The van der Waals surface area contributed by atoms with Gasteiger partial charge in [0.2, 0.25) is 5.91 Å². The number of amides is 1. The molecule has 3 rings (SSSR count). The molecular weight excluding hydrogens is 298 g/mol. The van der Waals surface area contributed by atoms with Crippen LogP contribution in [0.15, 0.2) is 4.52 Å². The molecule has 0 aromatic carbocycles. The SMILES string of the molecule is COCCC(=O)NC1CCc2onc(CN3CCOCC3)c2C1. The summed E-state index contributed by atoms with van der Waals surface area (Å²) in [6.45, 7) is 4.67. The molecule has 0 spiro atoms. The summed E-state index contributed by atoms with van der Waals surface area (Å²) < 4.78 is 15.8. The van der Waals surface area contributed by atoms with Crippen LogP contribution in [0, 0.1) is 0 Å². The van der Waals surface area contributed by atoms with Crippen LogP contribution in [0.3, 0.4) is 0 Å². The smallest absolute Gasteiger partial charge is 0.222 e. The first-order chi connectivity index (χ1) is 11.3. The highest BCUT2D eigenvalue weighted by atomic mass is 16.5. The van der Waals surface area contributed by atoms with E-state index < -0.39 is 0 Å². The highest BCUT2D eigenvalue weighted by Gasteiger charge is 2.27. The van der Waals surface area contributed by atoms with E-state index in [0.717, 1.165) is 63.6 Å². The van der Waals surface area contributed by atoms with Crippen molar-refractivity contribution in [3.8, 4) is 0 Å². The van der Waals surface area contributed by atoms with E-state index in [-0.39, 0.29) is 11.9 Å². The summed E-state index contributed by atoms with van der Waals surface area (Å²) >= 11 is 0. The number of nitrogens with zero attached hydrogens (tertiary/aromatic N) is 2. The summed E-state index contributed by atoms with van der Waals surface area (Å²) in [4.78, 5) is 14.2. The summed E-state index contributed by atoms with van der Waals surface area (Å²) in [5, 5.41) is 7.36. The molecule has 1 amide bonds. The molecule has 2 heterocycles. The van der Waals surface area contributed by atoms with E-state index in [4.69, 9.17) is 14.0 Å². The number of ether oxygens (including phenoxy) is 2. The van der Waals surface area contributed by atoms with E-state index in [1.54, 1.807) is 7.11 Å². The van der Waals surface area contributed by atoms with Gasteiger partial charge in [-0.15, -0.1) is 0 Å². The fourth-order valence-corrected chi connectivity index (χ4v) is 3.18. The maximum Gasteiger partial charge on any atom is 0.222 e. The third kappa shape index (κ3) is 4.31. The minimum Gasteiger partial charge on any atom is -0.384 e. The van der Waals surface area contributed by atoms with E-state index in [1.807, 2.05) is 0 Å². The average molecular weight is 323 g/mol. The Bertz CT molecular complexity index is 525. The molecule has 2 aliphatic rings. The van der Waals surface area contributed by atoms with Gasteiger partial charge < -0.3 is 19.3 Å². The molecule has 0 bridgehead atoms. The van der Waals surface area contributed by atoms with Crippen molar-refractivity contribution in [2.45, 2.75) is 38.3 Å². The molecule has 7 heteroatoms. The number of aromatic nitrogens is 1. The van der Waals surface area contributed by atoms with Crippen LogP contribution < -0.4 is 5.32 Å². The topological polar surface area (TPSA) is 76.8 Å². The quantitative estimate of drug-likeness (QED) is 0.822. The number of fused-ring (bicyclic) bond motifs is 1. The first-order valence-electron chi connectivity index (χ1n) is 8.31. The molecule has 1 atom stereocenters. The molecule has 1 aliphatic heterocycles. The fraction of sp³-hybridized carbons (Fsp3) is 0.750. The van der Waals surface area contributed by atoms with E-state index in [0.29, 0.717) is 13.0 Å². The summed E-state index contributed by atoms with van der Waals surface area (Å²) in [6, 6.07) is 0.162. The van der Waals surface area contributed by atoms with Gasteiger partial charge in [0.15, 0.2) is 0 Å². The fourth-order valence-electron chi connectivity index (χ4n) is 3.18. The van der Waals surface area contributed by atoms with Crippen LogP contribution in [0.1, 0.15) is 29.9 Å². The lowest BCUT2D eigenvalue weighted by molar-refractivity contribution is -0.122. The molecule has 128 valence electrons. The predicted molar refractivity (Wildman–Crippen MR) is 83.0 cm³/mol. The molecule has 0 radical (unpaired) electrons. The zero-order chi connectivity index (χ0) is 16.1. The van der Waals surface area contributed by atoms with Crippen molar-refractivity contribution >= 4 is 5.91 Å². The van der Waals surface area contributed by atoms with Crippen molar-refractivity contribution in [2.24, 2.45) is 0 Å². The van der Waals surface area contributed by atoms with Crippen molar-refractivity contribution in [3.05, 3.63) is 17.0 Å². The Balaban J connectivity index is 1.58. The lowest BCUT2D eigenvalue weighted by Crippen LogP contribution is -2.39. The molecule has 1 N–H and O–H groups in total. The number of carbonyl (C=O) groups excluding carboxylic acids is 1. The van der Waals surface area contributed by atoms with Gasteiger partial charge in [-0.25, -0.2) is 0 Å². The van der Waals surface area contributed by atoms with E-state index in [2.05, 4.69) is 15.4 Å². The normalized spacial score (nSPS) is 21.9. The minimum absolute atomic E-state index is 0.0477.